The molecule has 3 heteroatoms. The fourth-order valence-corrected chi connectivity index (χ4v) is 1.38. The second-order valence-electron chi connectivity index (χ2n) is 3.55. The van der Waals surface area contributed by atoms with Crippen LogP contribution < -0.4 is 0 Å². The van der Waals surface area contributed by atoms with Gasteiger partial charge >= 0.3 is 0 Å². The maximum atomic E-state index is 13.4. The summed E-state index contributed by atoms with van der Waals surface area (Å²) in [6, 6.07) is 1.46. The van der Waals surface area contributed by atoms with E-state index in [0.29, 0.717) is 16.1 Å². The van der Waals surface area contributed by atoms with Crippen LogP contribution in [0.4, 0.5) is 4.39 Å². The van der Waals surface area contributed by atoms with E-state index in [4.69, 9.17) is 0 Å². The molecule has 1 aromatic rings. The van der Waals surface area contributed by atoms with Gasteiger partial charge in [-0.2, -0.15) is 0 Å². The molecule has 0 N–H and O–H groups in total. The van der Waals surface area contributed by atoms with E-state index in [-0.39, 0.29) is 11.7 Å². The summed E-state index contributed by atoms with van der Waals surface area (Å²) in [5, 5.41) is 0. The van der Waals surface area contributed by atoms with Crippen LogP contribution in [0.1, 0.15) is 32.4 Å². The molecule has 13 heavy (non-hydrogen) atoms. The van der Waals surface area contributed by atoms with Crippen LogP contribution in [0.3, 0.4) is 0 Å². The van der Waals surface area contributed by atoms with Crippen molar-refractivity contribution < 1.29 is 4.39 Å². The Labute approximate surface area is 86.5 Å². The summed E-state index contributed by atoms with van der Waals surface area (Å²) in [5.41, 5.74) is 0.554. The van der Waals surface area contributed by atoms with Gasteiger partial charge in [0, 0.05) is 16.6 Å². The second kappa shape index (κ2) is 4.18. The lowest BCUT2D eigenvalue weighted by atomic mass is 9.94. The number of hydrogen-bond donors (Lipinski definition) is 0. The zero-order valence-corrected chi connectivity index (χ0v) is 9.60. The molecular formula is C10H13BrFN. The molecule has 1 atom stereocenters. The van der Waals surface area contributed by atoms with Crippen molar-refractivity contribution in [2.24, 2.45) is 5.92 Å². The quantitative estimate of drug-likeness (QED) is 0.774. The van der Waals surface area contributed by atoms with Crippen molar-refractivity contribution in [2.45, 2.75) is 26.7 Å². The van der Waals surface area contributed by atoms with Gasteiger partial charge in [0.1, 0.15) is 5.82 Å². The van der Waals surface area contributed by atoms with Crippen LogP contribution in [-0.4, -0.2) is 4.98 Å². The van der Waals surface area contributed by atoms with Gasteiger partial charge in [-0.05, 0) is 27.9 Å². The molecule has 0 unspecified atom stereocenters. The number of nitrogens with zero attached hydrogens (tertiary/aromatic N) is 1. The van der Waals surface area contributed by atoms with Crippen LogP contribution in [0.25, 0.3) is 0 Å². The second-order valence-corrected chi connectivity index (χ2v) is 4.47. The summed E-state index contributed by atoms with van der Waals surface area (Å²) in [4.78, 5) is 4.08. The average Bonchev–Trinajstić information content (AvgIpc) is 2.03. The van der Waals surface area contributed by atoms with Gasteiger partial charge in [-0.15, -0.1) is 0 Å². The first-order valence-corrected chi connectivity index (χ1v) is 5.12. The van der Waals surface area contributed by atoms with Crippen molar-refractivity contribution in [3.8, 4) is 0 Å². The van der Waals surface area contributed by atoms with Crippen LogP contribution in [0.15, 0.2) is 16.7 Å². The smallest absolute Gasteiger partial charge is 0.146 e. The van der Waals surface area contributed by atoms with E-state index in [1.54, 1.807) is 6.20 Å². The third-order valence-electron chi connectivity index (χ3n) is 2.27. The molecule has 1 heterocycles. The molecular weight excluding hydrogens is 233 g/mol. The minimum absolute atomic E-state index is 0.160. The predicted molar refractivity (Wildman–Crippen MR) is 55.1 cm³/mol. The predicted octanol–water partition coefficient (Wildman–Crippen LogP) is 3.74. The minimum atomic E-state index is -0.226. The van der Waals surface area contributed by atoms with Gasteiger partial charge in [0.2, 0.25) is 0 Å². The normalized spacial score (nSPS) is 13.4. The molecule has 1 aromatic heterocycles. The lowest BCUT2D eigenvalue weighted by molar-refractivity contribution is 0.487. The first kappa shape index (κ1) is 10.6. The summed E-state index contributed by atoms with van der Waals surface area (Å²) in [6.07, 6.45) is 1.64. The molecule has 0 aliphatic rings. The van der Waals surface area contributed by atoms with Crippen molar-refractivity contribution in [1.82, 2.24) is 4.98 Å². The number of halogens is 2. The largest absolute Gasteiger partial charge is 0.257 e. The fraction of sp³-hybridized carbons (Fsp3) is 0.500. The van der Waals surface area contributed by atoms with Crippen molar-refractivity contribution in [3.63, 3.8) is 0 Å². The highest BCUT2D eigenvalue weighted by Gasteiger charge is 2.15. The molecule has 0 aromatic carbocycles. The molecule has 0 amide bonds. The van der Waals surface area contributed by atoms with Crippen LogP contribution in [0.2, 0.25) is 0 Å². The minimum Gasteiger partial charge on any atom is -0.257 e. The Morgan fingerprint density at radius 1 is 1.38 bits per heavy atom. The SMILES string of the molecule is CC(C)[C@@H](C)c1ncc(Br)cc1F. The first-order chi connectivity index (χ1) is 6.02. The van der Waals surface area contributed by atoms with E-state index in [1.807, 2.05) is 6.92 Å². The monoisotopic (exact) mass is 245 g/mol. The Morgan fingerprint density at radius 3 is 2.46 bits per heavy atom. The van der Waals surface area contributed by atoms with Crippen molar-refractivity contribution >= 4 is 15.9 Å². The third-order valence-corrected chi connectivity index (χ3v) is 2.70. The van der Waals surface area contributed by atoms with Gasteiger partial charge in [0.05, 0.1) is 5.69 Å². The number of aromatic nitrogens is 1. The van der Waals surface area contributed by atoms with Crippen molar-refractivity contribution in [2.75, 3.05) is 0 Å². The highest BCUT2D eigenvalue weighted by Crippen LogP contribution is 2.25. The summed E-state index contributed by atoms with van der Waals surface area (Å²) >= 11 is 3.18. The Balaban J connectivity index is 3.01. The van der Waals surface area contributed by atoms with Gasteiger partial charge < -0.3 is 0 Å². The Bertz CT molecular complexity index is 299. The molecule has 0 saturated heterocycles. The summed E-state index contributed by atoms with van der Waals surface area (Å²) in [5.74, 6) is 0.340. The summed E-state index contributed by atoms with van der Waals surface area (Å²) in [7, 11) is 0. The van der Waals surface area contributed by atoms with Crippen LogP contribution >= 0.6 is 15.9 Å². The number of hydrogen-bond acceptors (Lipinski definition) is 1. The molecule has 1 rings (SSSR count). The molecule has 0 saturated carbocycles. The molecule has 0 fully saturated rings. The number of rotatable bonds is 2. The highest BCUT2D eigenvalue weighted by atomic mass is 79.9. The fourth-order valence-electron chi connectivity index (χ4n) is 1.08. The highest BCUT2D eigenvalue weighted by molar-refractivity contribution is 9.10. The van der Waals surface area contributed by atoms with E-state index in [0.717, 1.165) is 0 Å². The zero-order chi connectivity index (χ0) is 10.0. The number of pyridine rings is 1. The third kappa shape index (κ3) is 2.50. The van der Waals surface area contributed by atoms with Crippen molar-refractivity contribution in [3.05, 3.63) is 28.2 Å². The van der Waals surface area contributed by atoms with Crippen LogP contribution in [0, 0.1) is 11.7 Å². The summed E-state index contributed by atoms with van der Waals surface area (Å²) in [6.45, 7) is 6.12. The molecule has 0 spiro atoms. The Hall–Kier alpha value is -0.440. The maximum Gasteiger partial charge on any atom is 0.146 e. The Morgan fingerprint density at radius 2 is 2.00 bits per heavy atom. The molecule has 72 valence electrons. The van der Waals surface area contributed by atoms with Gasteiger partial charge in [-0.25, -0.2) is 4.39 Å². The first-order valence-electron chi connectivity index (χ1n) is 4.33. The van der Waals surface area contributed by atoms with Gasteiger partial charge in [0.25, 0.3) is 0 Å². The van der Waals surface area contributed by atoms with Crippen LogP contribution in [-0.2, 0) is 0 Å². The average molecular weight is 246 g/mol. The van der Waals surface area contributed by atoms with E-state index in [9.17, 15) is 4.39 Å². The molecule has 0 aliphatic heterocycles. The van der Waals surface area contributed by atoms with E-state index >= 15 is 0 Å². The van der Waals surface area contributed by atoms with E-state index in [2.05, 4.69) is 34.8 Å². The molecule has 0 aliphatic carbocycles. The Kier molecular flexibility index (Phi) is 3.42. The van der Waals surface area contributed by atoms with E-state index < -0.39 is 0 Å². The molecule has 1 nitrogen and oxygen atoms in total. The van der Waals surface area contributed by atoms with E-state index in [1.165, 1.54) is 6.07 Å². The van der Waals surface area contributed by atoms with Gasteiger partial charge in [-0.1, -0.05) is 20.8 Å². The lowest BCUT2D eigenvalue weighted by Crippen LogP contribution is -2.06. The van der Waals surface area contributed by atoms with Gasteiger partial charge in [-0.3, -0.25) is 4.98 Å². The standard InChI is InChI=1S/C10H13BrFN/c1-6(2)7(3)10-9(12)4-8(11)5-13-10/h4-7H,1-3H3/t7-/m1/s1. The van der Waals surface area contributed by atoms with Crippen molar-refractivity contribution in [1.29, 1.82) is 0 Å². The zero-order valence-electron chi connectivity index (χ0n) is 8.01. The maximum absolute atomic E-state index is 13.4. The molecule has 0 radical (unpaired) electrons. The lowest BCUT2D eigenvalue weighted by Gasteiger charge is -2.15. The van der Waals surface area contributed by atoms with Crippen LogP contribution in [0.5, 0.6) is 0 Å². The van der Waals surface area contributed by atoms with Gasteiger partial charge in [0.15, 0.2) is 0 Å². The summed E-state index contributed by atoms with van der Waals surface area (Å²) < 4.78 is 14.1. The molecule has 0 bridgehead atoms. The topological polar surface area (TPSA) is 12.9 Å².